The third kappa shape index (κ3) is 3.02. The van der Waals surface area contributed by atoms with Crippen LogP contribution in [-0.2, 0) is 14.9 Å². The average Bonchev–Trinajstić information content (AvgIpc) is 3.01. The van der Waals surface area contributed by atoms with Crippen LogP contribution in [0.4, 0.5) is 10.2 Å². The molecule has 0 amide bonds. The lowest BCUT2D eigenvalue weighted by Gasteiger charge is -2.27. The first-order chi connectivity index (χ1) is 12.0. The first-order valence-corrected chi connectivity index (χ1v) is 7.61. The van der Waals surface area contributed by atoms with Crippen LogP contribution in [0.15, 0.2) is 35.1 Å². The van der Waals surface area contributed by atoms with E-state index in [0.29, 0.717) is 28.2 Å². The molecule has 3 rings (SSSR count). The van der Waals surface area contributed by atoms with Crippen LogP contribution in [0, 0.1) is 12.7 Å². The summed E-state index contributed by atoms with van der Waals surface area (Å²) in [5, 5.41) is 7.65. The van der Waals surface area contributed by atoms with E-state index in [1.807, 2.05) is 0 Å². The summed E-state index contributed by atoms with van der Waals surface area (Å²) in [7, 11) is 1.32. The molecule has 0 radical (unpaired) electrons. The van der Waals surface area contributed by atoms with E-state index in [-0.39, 0.29) is 12.4 Å². The maximum atomic E-state index is 13.2. The van der Waals surface area contributed by atoms with Crippen molar-refractivity contribution >= 4 is 22.9 Å². The summed E-state index contributed by atoms with van der Waals surface area (Å²) in [5.41, 5.74) is 0.585. The van der Waals surface area contributed by atoms with Crippen molar-refractivity contribution in [1.82, 2.24) is 15.1 Å². The molecule has 25 heavy (non-hydrogen) atoms. The van der Waals surface area contributed by atoms with E-state index in [1.54, 1.807) is 26.0 Å². The van der Waals surface area contributed by atoms with Crippen molar-refractivity contribution in [2.75, 3.05) is 19.0 Å². The number of carbonyl (C=O) groups is 1. The Bertz CT molecular complexity index is 910. The van der Waals surface area contributed by atoms with Gasteiger partial charge < -0.3 is 14.6 Å². The second-order valence-corrected chi connectivity index (χ2v) is 5.85. The monoisotopic (exact) mass is 344 g/mol. The molecule has 0 fully saturated rings. The largest absolute Gasteiger partial charge is 0.468 e. The van der Waals surface area contributed by atoms with E-state index in [2.05, 4.69) is 20.4 Å². The highest BCUT2D eigenvalue weighted by Crippen LogP contribution is 2.28. The molecule has 130 valence electrons. The Hall–Kier alpha value is -3.03. The average molecular weight is 344 g/mol. The summed E-state index contributed by atoms with van der Waals surface area (Å²) in [6, 6.07) is 5.75. The fourth-order valence-corrected chi connectivity index (χ4v) is 2.65. The zero-order valence-electron chi connectivity index (χ0n) is 14.0. The number of rotatable bonds is 5. The van der Waals surface area contributed by atoms with Crippen LogP contribution in [0.2, 0.25) is 0 Å². The Morgan fingerprint density at radius 3 is 2.72 bits per heavy atom. The standard InChI is InChI=1S/C17H17FN4O3/c1-10-13-14(20-9-21-15(13)25-22-10)19-8-17(2,16(23)24-3)11-4-6-12(18)7-5-11/h4-7,9H,8H2,1-3H3,(H,19,20,21)/t17-/m0/s1. The predicted molar refractivity (Wildman–Crippen MR) is 88.6 cm³/mol. The molecular formula is C17H17FN4O3. The van der Waals surface area contributed by atoms with Gasteiger partial charge in [-0.2, -0.15) is 4.98 Å². The van der Waals surface area contributed by atoms with Crippen LogP contribution < -0.4 is 5.32 Å². The van der Waals surface area contributed by atoms with Gasteiger partial charge >= 0.3 is 5.97 Å². The van der Waals surface area contributed by atoms with Gasteiger partial charge in [0.05, 0.1) is 12.8 Å². The van der Waals surface area contributed by atoms with Gasteiger partial charge in [-0.15, -0.1) is 0 Å². The number of halogens is 1. The van der Waals surface area contributed by atoms with Gasteiger partial charge in [0.15, 0.2) is 0 Å². The highest BCUT2D eigenvalue weighted by molar-refractivity contribution is 5.88. The smallest absolute Gasteiger partial charge is 0.317 e. The maximum Gasteiger partial charge on any atom is 0.317 e. The summed E-state index contributed by atoms with van der Waals surface area (Å²) < 4.78 is 23.3. The molecule has 3 aromatic rings. The number of carbonyl (C=O) groups excluding carboxylic acids is 1. The number of hydrogen-bond donors (Lipinski definition) is 1. The molecule has 0 aliphatic carbocycles. The van der Waals surface area contributed by atoms with Crippen LogP contribution in [0.1, 0.15) is 18.2 Å². The summed E-state index contributed by atoms with van der Waals surface area (Å²) in [6.07, 6.45) is 1.35. The number of hydrogen-bond acceptors (Lipinski definition) is 7. The topological polar surface area (TPSA) is 90.1 Å². The van der Waals surface area contributed by atoms with Crippen molar-refractivity contribution < 1.29 is 18.4 Å². The van der Waals surface area contributed by atoms with E-state index in [9.17, 15) is 9.18 Å². The minimum atomic E-state index is -1.04. The molecule has 8 heteroatoms. The zero-order chi connectivity index (χ0) is 18.0. The second-order valence-electron chi connectivity index (χ2n) is 5.85. The lowest BCUT2D eigenvalue weighted by Crippen LogP contribution is -2.40. The Morgan fingerprint density at radius 2 is 2.04 bits per heavy atom. The molecule has 2 aromatic heterocycles. The Balaban J connectivity index is 1.94. The third-order valence-corrected chi connectivity index (χ3v) is 4.17. The van der Waals surface area contributed by atoms with Gasteiger partial charge in [0.1, 0.15) is 28.8 Å². The van der Waals surface area contributed by atoms with Crippen molar-refractivity contribution in [2.24, 2.45) is 0 Å². The first kappa shape index (κ1) is 16.8. The van der Waals surface area contributed by atoms with Crippen LogP contribution in [0.3, 0.4) is 0 Å². The van der Waals surface area contributed by atoms with E-state index >= 15 is 0 Å². The SMILES string of the molecule is COC(=O)[C@@](C)(CNc1ncnc2onc(C)c12)c1ccc(F)cc1. The van der Waals surface area contributed by atoms with Crippen LogP contribution in [-0.4, -0.2) is 34.7 Å². The minimum absolute atomic E-state index is 0.183. The van der Waals surface area contributed by atoms with E-state index in [1.165, 1.54) is 25.6 Å². The maximum absolute atomic E-state index is 13.2. The summed E-state index contributed by atoms with van der Waals surface area (Å²) in [4.78, 5) is 20.6. The molecule has 0 aliphatic heterocycles. The molecular weight excluding hydrogens is 327 g/mol. The van der Waals surface area contributed by atoms with Crippen LogP contribution in [0.25, 0.3) is 11.1 Å². The van der Waals surface area contributed by atoms with E-state index < -0.39 is 11.4 Å². The van der Waals surface area contributed by atoms with Gasteiger partial charge in [-0.3, -0.25) is 4.79 Å². The van der Waals surface area contributed by atoms with E-state index in [4.69, 9.17) is 9.26 Å². The number of ether oxygens (including phenoxy) is 1. The zero-order valence-corrected chi connectivity index (χ0v) is 14.0. The molecule has 1 aromatic carbocycles. The Morgan fingerprint density at radius 1 is 1.32 bits per heavy atom. The third-order valence-electron chi connectivity index (χ3n) is 4.17. The van der Waals surface area contributed by atoms with E-state index in [0.717, 1.165) is 0 Å². The number of nitrogens with one attached hydrogen (secondary N) is 1. The van der Waals surface area contributed by atoms with Gasteiger partial charge in [-0.1, -0.05) is 17.3 Å². The number of benzene rings is 1. The Labute approximate surface area is 143 Å². The minimum Gasteiger partial charge on any atom is -0.468 e. The van der Waals surface area contributed by atoms with Gasteiger partial charge in [-0.25, -0.2) is 9.37 Å². The molecule has 0 spiro atoms. The summed E-state index contributed by atoms with van der Waals surface area (Å²) in [5.74, 6) is -0.318. The van der Waals surface area contributed by atoms with Crippen molar-refractivity contribution in [3.8, 4) is 0 Å². The summed E-state index contributed by atoms with van der Waals surface area (Å²) in [6.45, 7) is 3.68. The second kappa shape index (κ2) is 6.46. The fourth-order valence-electron chi connectivity index (χ4n) is 2.65. The van der Waals surface area contributed by atoms with Crippen LogP contribution in [0.5, 0.6) is 0 Å². The number of methoxy groups -OCH3 is 1. The van der Waals surface area contributed by atoms with Crippen LogP contribution >= 0.6 is 0 Å². The number of fused-ring (bicyclic) bond motifs is 1. The van der Waals surface area contributed by atoms with Gasteiger partial charge in [0.25, 0.3) is 5.71 Å². The molecule has 1 atom stereocenters. The van der Waals surface area contributed by atoms with Crippen molar-refractivity contribution in [3.63, 3.8) is 0 Å². The van der Waals surface area contributed by atoms with Gasteiger partial charge in [-0.05, 0) is 31.5 Å². The predicted octanol–water partition coefficient (Wildman–Crippen LogP) is 2.61. The Kier molecular flexibility index (Phi) is 4.35. The molecule has 7 nitrogen and oxygen atoms in total. The molecule has 1 N–H and O–H groups in total. The first-order valence-electron chi connectivity index (χ1n) is 7.61. The highest BCUT2D eigenvalue weighted by atomic mass is 19.1. The number of esters is 1. The number of nitrogens with zero attached hydrogens (tertiary/aromatic N) is 3. The number of anilines is 1. The molecule has 0 saturated carbocycles. The molecule has 2 heterocycles. The molecule has 0 aliphatic rings. The fraction of sp³-hybridized carbons (Fsp3) is 0.294. The summed E-state index contributed by atoms with van der Waals surface area (Å²) >= 11 is 0. The number of aromatic nitrogens is 3. The molecule has 0 saturated heterocycles. The lowest BCUT2D eigenvalue weighted by atomic mass is 9.82. The number of aryl methyl sites for hydroxylation is 1. The van der Waals surface area contributed by atoms with Crippen molar-refractivity contribution in [2.45, 2.75) is 19.3 Å². The lowest BCUT2D eigenvalue weighted by molar-refractivity contribution is -0.146. The van der Waals surface area contributed by atoms with Crippen molar-refractivity contribution in [3.05, 3.63) is 47.7 Å². The molecule has 0 unspecified atom stereocenters. The van der Waals surface area contributed by atoms with Crippen molar-refractivity contribution in [1.29, 1.82) is 0 Å². The molecule has 0 bridgehead atoms. The quantitative estimate of drug-likeness (QED) is 0.712. The van der Waals surface area contributed by atoms with Gasteiger partial charge in [0.2, 0.25) is 0 Å². The normalized spacial score (nSPS) is 13.4. The van der Waals surface area contributed by atoms with Gasteiger partial charge in [0, 0.05) is 6.54 Å². The highest BCUT2D eigenvalue weighted by Gasteiger charge is 2.36.